The predicted octanol–water partition coefficient (Wildman–Crippen LogP) is 3.24. The fourth-order valence-corrected chi connectivity index (χ4v) is 4.77. The maximum absolute atomic E-state index is 14.0. The molecule has 2 aliphatic rings. The summed E-state index contributed by atoms with van der Waals surface area (Å²) in [6.07, 6.45) is 0. The van der Waals surface area contributed by atoms with Gasteiger partial charge in [-0.15, -0.1) is 0 Å². The lowest BCUT2D eigenvalue weighted by Gasteiger charge is -2.36. The van der Waals surface area contributed by atoms with Crippen LogP contribution in [0.3, 0.4) is 0 Å². The van der Waals surface area contributed by atoms with Crippen molar-refractivity contribution in [2.45, 2.75) is 0 Å². The number of ether oxygens (including phenoxy) is 3. The number of carbonyl (C=O) groups is 3. The van der Waals surface area contributed by atoms with Crippen LogP contribution in [0.4, 0.5) is 15.8 Å². The van der Waals surface area contributed by atoms with E-state index in [9.17, 15) is 18.8 Å². The molecule has 0 saturated carbocycles. The van der Waals surface area contributed by atoms with Gasteiger partial charge in [0.1, 0.15) is 12.4 Å². The highest BCUT2D eigenvalue weighted by Crippen LogP contribution is 2.32. The number of hydrogen-bond acceptors (Lipinski definition) is 7. The molecule has 11 heteroatoms. The molecule has 0 bridgehead atoms. The van der Waals surface area contributed by atoms with Crippen molar-refractivity contribution < 1.29 is 33.0 Å². The summed E-state index contributed by atoms with van der Waals surface area (Å²) in [5, 5.41) is 2.85. The van der Waals surface area contributed by atoms with Gasteiger partial charge < -0.3 is 34.2 Å². The van der Waals surface area contributed by atoms with E-state index in [1.54, 1.807) is 47.4 Å². The summed E-state index contributed by atoms with van der Waals surface area (Å²) in [7, 11) is 1.53. The third-order valence-corrected chi connectivity index (χ3v) is 6.99. The number of nitrogens with zero attached hydrogens (tertiary/aromatic N) is 3. The number of piperazine rings is 1. The minimum absolute atomic E-state index is 0.0828. The van der Waals surface area contributed by atoms with Crippen LogP contribution < -0.4 is 19.7 Å². The third kappa shape index (κ3) is 6.58. The summed E-state index contributed by atoms with van der Waals surface area (Å²) in [6, 6.07) is 18.3. The van der Waals surface area contributed by atoms with Crippen LogP contribution in [0.5, 0.6) is 11.5 Å². The van der Waals surface area contributed by atoms with Gasteiger partial charge >= 0.3 is 0 Å². The number of carbonyl (C=O) groups excluding carboxylic acids is 3. The van der Waals surface area contributed by atoms with E-state index < -0.39 is 5.82 Å². The van der Waals surface area contributed by atoms with Crippen molar-refractivity contribution in [1.82, 2.24) is 9.80 Å². The molecule has 0 aliphatic carbocycles. The molecular weight excluding hydrogens is 531 g/mol. The summed E-state index contributed by atoms with van der Waals surface area (Å²) in [5.41, 5.74) is 2.01. The monoisotopic (exact) mass is 562 g/mol. The zero-order valence-electron chi connectivity index (χ0n) is 22.7. The van der Waals surface area contributed by atoms with Gasteiger partial charge in [0.15, 0.2) is 11.5 Å². The summed E-state index contributed by atoms with van der Waals surface area (Å²) < 4.78 is 29.8. The molecule has 5 rings (SSSR count). The van der Waals surface area contributed by atoms with E-state index in [0.717, 1.165) is 5.69 Å². The molecule has 0 spiro atoms. The van der Waals surface area contributed by atoms with Gasteiger partial charge in [-0.1, -0.05) is 12.1 Å². The Morgan fingerprint density at radius 3 is 2.41 bits per heavy atom. The molecule has 1 fully saturated rings. The van der Waals surface area contributed by atoms with E-state index >= 15 is 0 Å². The molecule has 3 amide bonds. The lowest BCUT2D eigenvalue weighted by atomic mass is 10.1. The number of hydrogen-bond donors (Lipinski definition) is 1. The summed E-state index contributed by atoms with van der Waals surface area (Å²) in [5.74, 6) is -0.426. The highest BCUT2D eigenvalue weighted by molar-refractivity contribution is 6.00. The normalized spacial score (nSPS) is 14.1. The van der Waals surface area contributed by atoms with Crippen molar-refractivity contribution in [2.24, 2.45) is 0 Å². The van der Waals surface area contributed by atoms with Crippen molar-refractivity contribution in [2.75, 3.05) is 70.0 Å². The molecule has 0 unspecified atom stereocenters. The molecule has 10 nitrogen and oxygen atoms in total. The molecule has 0 aromatic heterocycles. The van der Waals surface area contributed by atoms with Crippen LogP contribution in [-0.2, 0) is 9.53 Å². The number of fused-ring (bicyclic) bond motifs is 1. The molecule has 3 aromatic carbocycles. The number of amides is 3. The molecule has 0 radical (unpaired) electrons. The molecular formula is C30H31FN4O6. The van der Waals surface area contributed by atoms with Crippen LogP contribution in [0.25, 0.3) is 0 Å². The molecule has 1 N–H and O–H groups in total. The molecule has 41 heavy (non-hydrogen) atoms. The van der Waals surface area contributed by atoms with E-state index in [-0.39, 0.29) is 49.8 Å². The SMILES string of the molecule is COCCN(CC(=O)Nc1ccc(N2CCN(C(=O)c3ccccc3F)CC2)cc1)C(=O)c1ccc2c(c1)OCO2. The highest BCUT2D eigenvalue weighted by atomic mass is 19.1. The van der Waals surface area contributed by atoms with Gasteiger partial charge in [-0.3, -0.25) is 14.4 Å². The molecule has 2 aliphatic heterocycles. The summed E-state index contributed by atoms with van der Waals surface area (Å²) >= 11 is 0. The Labute approximate surface area is 237 Å². The van der Waals surface area contributed by atoms with Crippen molar-refractivity contribution in [3.8, 4) is 11.5 Å². The van der Waals surface area contributed by atoms with Crippen LogP contribution >= 0.6 is 0 Å². The van der Waals surface area contributed by atoms with Crippen LogP contribution in [-0.4, -0.2) is 87.3 Å². The van der Waals surface area contributed by atoms with Gasteiger partial charge in [-0.2, -0.15) is 0 Å². The van der Waals surface area contributed by atoms with Gasteiger partial charge in [0.25, 0.3) is 11.8 Å². The van der Waals surface area contributed by atoms with Crippen molar-refractivity contribution >= 4 is 29.1 Å². The van der Waals surface area contributed by atoms with E-state index in [1.807, 2.05) is 12.1 Å². The first-order valence-corrected chi connectivity index (χ1v) is 13.3. The van der Waals surface area contributed by atoms with E-state index in [2.05, 4.69) is 10.2 Å². The first-order chi connectivity index (χ1) is 19.9. The average Bonchev–Trinajstić information content (AvgIpc) is 3.47. The average molecular weight is 563 g/mol. The Bertz CT molecular complexity index is 1410. The molecule has 214 valence electrons. The van der Waals surface area contributed by atoms with E-state index in [1.165, 1.54) is 24.1 Å². The third-order valence-electron chi connectivity index (χ3n) is 6.99. The van der Waals surface area contributed by atoms with Crippen molar-refractivity contribution in [1.29, 1.82) is 0 Å². The quantitative estimate of drug-likeness (QED) is 0.427. The number of nitrogens with one attached hydrogen (secondary N) is 1. The first-order valence-electron chi connectivity index (χ1n) is 13.3. The second-order valence-corrected chi connectivity index (χ2v) is 9.64. The molecule has 1 saturated heterocycles. The minimum atomic E-state index is -0.517. The van der Waals surface area contributed by atoms with Gasteiger partial charge in [-0.05, 0) is 54.6 Å². The Kier molecular flexibility index (Phi) is 8.64. The lowest BCUT2D eigenvalue weighted by Crippen LogP contribution is -2.49. The molecule has 0 atom stereocenters. The number of halogens is 1. The van der Waals surface area contributed by atoms with Crippen LogP contribution in [0.1, 0.15) is 20.7 Å². The summed E-state index contributed by atoms with van der Waals surface area (Å²) in [4.78, 5) is 43.9. The first kappa shape index (κ1) is 27.9. The minimum Gasteiger partial charge on any atom is -0.454 e. The zero-order valence-corrected chi connectivity index (χ0v) is 22.7. The second kappa shape index (κ2) is 12.7. The fraction of sp³-hybridized carbons (Fsp3) is 0.300. The largest absolute Gasteiger partial charge is 0.454 e. The van der Waals surface area contributed by atoms with Crippen molar-refractivity contribution in [3.63, 3.8) is 0 Å². The highest BCUT2D eigenvalue weighted by Gasteiger charge is 2.25. The Hall–Kier alpha value is -4.64. The van der Waals surface area contributed by atoms with Crippen LogP contribution in [0.2, 0.25) is 0 Å². The number of benzene rings is 3. The number of anilines is 2. The molecule has 3 aromatic rings. The predicted molar refractivity (Wildman–Crippen MR) is 150 cm³/mol. The topological polar surface area (TPSA) is 101 Å². The van der Waals surface area contributed by atoms with Gasteiger partial charge in [0.05, 0.1) is 12.2 Å². The second-order valence-electron chi connectivity index (χ2n) is 9.64. The fourth-order valence-electron chi connectivity index (χ4n) is 4.77. The van der Waals surface area contributed by atoms with Crippen LogP contribution in [0, 0.1) is 5.82 Å². The Morgan fingerprint density at radius 2 is 1.68 bits per heavy atom. The zero-order chi connectivity index (χ0) is 28.8. The van der Waals surface area contributed by atoms with Gasteiger partial charge in [0.2, 0.25) is 12.7 Å². The number of methoxy groups -OCH3 is 1. The van der Waals surface area contributed by atoms with Gasteiger partial charge in [-0.25, -0.2) is 4.39 Å². The van der Waals surface area contributed by atoms with E-state index in [4.69, 9.17) is 14.2 Å². The molecule has 2 heterocycles. The van der Waals surface area contributed by atoms with Crippen molar-refractivity contribution in [3.05, 3.63) is 83.7 Å². The smallest absolute Gasteiger partial charge is 0.256 e. The van der Waals surface area contributed by atoms with Crippen LogP contribution in [0.15, 0.2) is 66.7 Å². The van der Waals surface area contributed by atoms with E-state index in [0.29, 0.717) is 48.9 Å². The van der Waals surface area contributed by atoms with Gasteiger partial charge in [0, 0.05) is 56.8 Å². The Balaban J connectivity index is 1.15. The maximum atomic E-state index is 14.0. The summed E-state index contributed by atoms with van der Waals surface area (Å²) in [6.45, 7) is 2.60. The standard InChI is InChI=1S/C30H31FN4O6/c1-39-17-16-35(29(37)21-6-11-26-27(18-21)41-20-40-26)19-28(36)32-22-7-9-23(10-8-22)33-12-14-34(15-13-33)30(38)24-4-2-3-5-25(24)31/h2-11,18H,12-17,19-20H2,1H3,(H,32,36). The number of rotatable bonds is 9. The maximum Gasteiger partial charge on any atom is 0.256 e. The lowest BCUT2D eigenvalue weighted by molar-refractivity contribution is -0.117. The Morgan fingerprint density at radius 1 is 0.951 bits per heavy atom.